The van der Waals surface area contributed by atoms with E-state index in [1.54, 1.807) is 24.5 Å². The van der Waals surface area contributed by atoms with Gasteiger partial charge in [-0.1, -0.05) is 110 Å². The number of hydrogen-bond acceptors (Lipinski definition) is 10. The molecular formula is C47H59ClN4O5S. The average molecular weight is 828 g/mol. The van der Waals surface area contributed by atoms with Gasteiger partial charge in [0.25, 0.3) is 6.23 Å². The second-order valence-electron chi connectivity index (χ2n) is 14.3. The van der Waals surface area contributed by atoms with Crippen molar-refractivity contribution in [3.8, 4) is 0 Å². The topological polar surface area (TPSA) is 95.4 Å². The lowest BCUT2D eigenvalue weighted by Crippen LogP contribution is -2.49. The standard InChI is InChI=1S/C47H59ClN4O5S/c1-3-5-6-7-8-9-10-11-12-13-14-15-16-17-18-19-20-21-22-27-44(54)57-46(47(55)56-4-2)52-41-36-40(48)37(34-38(41)35-43(52)53)28-29-50-30-32-51(33-31-50)45-39-25-23-24-26-42(39)58-49-45/h5-6,8-9,11-12,14-15,17-18,20-21,23-26,34,36,43,46,53H,3-4,7,10,13,16,19,22,27-33,35H2,1-2H3/b6-5-,9-8-,12-11-,15-14-,18-17-,21-20-. The summed E-state index contributed by atoms with van der Waals surface area (Å²) in [5.74, 6) is -0.215. The van der Waals surface area contributed by atoms with E-state index in [0.717, 1.165) is 94.6 Å². The third-order valence-corrected chi connectivity index (χ3v) is 11.2. The Morgan fingerprint density at radius 3 is 2.14 bits per heavy atom. The zero-order valence-corrected chi connectivity index (χ0v) is 35.6. The largest absolute Gasteiger partial charge is 0.462 e. The first kappa shape index (κ1) is 44.6. The quantitative estimate of drug-likeness (QED) is 0.0785. The molecule has 1 fully saturated rings. The number of allylic oxidation sites excluding steroid dienone is 12. The number of aliphatic hydroxyl groups excluding tert-OH is 1. The van der Waals surface area contributed by atoms with Crippen molar-refractivity contribution < 1.29 is 24.2 Å². The number of esters is 2. The number of carbonyl (C=O) groups is 2. The van der Waals surface area contributed by atoms with Crippen molar-refractivity contribution in [1.82, 2.24) is 9.27 Å². The summed E-state index contributed by atoms with van der Waals surface area (Å²) in [4.78, 5) is 32.3. The lowest BCUT2D eigenvalue weighted by atomic mass is 10.0. The normalized spacial score (nSPS) is 17.1. The van der Waals surface area contributed by atoms with Gasteiger partial charge in [0.05, 0.1) is 11.3 Å². The molecule has 310 valence electrons. The minimum Gasteiger partial charge on any atom is -0.462 e. The van der Waals surface area contributed by atoms with Gasteiger partial charge in [-0.15, -0.1) is 0 Å². The van der Waals surface area contributed by atoms with Crippen LogP contribution >= 0.6 is 23.1 Å². The maximum absolute atomic E-state index is 13.1. The van der Waals surface area contributed by atoms with Gasteiger partial charge in [0.15, 0.2) is 0 Å². The van der Waals surface area contributed by atoms with Gasteiger partial charge in [-0.05, 0) is 99.1 Å². The molecule has 0 radical (unpaired) electrons. The van der Waals surface area contributed by atoms with E-state index in [1.807, 2.05) is 18.2 Å². The van der Waals surface area contributed by atoms with Crippen LogP contribution in [0.1, 0.15) is 76.3 Å². The molecule has 0 saturated carbocycles. The fourth-order valence-electron chi connectivity index (χ4n) is 7.01. The SMILES string of the molecule is CC/C=C\C/C=C\C/C=C\C/C=C\C/C=C\C/C=C\CCC(=O)OC(C(=O)OCC)N1c2cc(Cl)c(CCN3CCN(c4nsc5ccccc45)CC3)cc2CC1O. The molecule has 2 unspecified atom stereocenters. The van der Waals surface area contributed by atoms with E-state index < -0.39 is 24.4 Å². The first-order valence-corrected chi connectivity index (χ1v) is 21.9. The molecule has 58 heavy (non-hydrogen) atoms. The number of aliphatic hydroxyl groups is 1. The Hall–Kier alpha value is -4.48. The highest BCUT2D eigenvalue weighted by Gasteiger charge is 2.41. The number of rotatable bonds is 22. The van der Waals surface area contributed by atoms with Crippen LogP contribution in [-0.4, -0.2) is 78.1 Å². The minimum absolute atomic E-state index is 0.0865. The molecule has 0 bridgehead atoms. The van der Waals surface area contributed by atoms with Crippen LogP contribution in [0.2, 0.25) is 5.02 Å². The van der Waals surface area contributed by atoms with Crippen molar-refractivity contribution in [3.05, 3.63) is 125 Å². The fourth-order valence-corrected chi connectivity index (χ4v) is 8.06. The van der Waals surface area contributed by atoms with Gasteiger partial charge in [0.1, 0.15) is 12.0 Å². The van der Waals surface area contributed by atoms with E-state index in [1.165, 1.54) is 15.0 Å². The second-order valence-corrected chi connectivity index (χ2v) is 15.5. The average Bonchev–Trinajstić information content (AvgIpc) is 3.80. The number of fused-ring (bicyclic) bond motifs is 2. The first-order chi connectivity index (χ1) is 28.4. The highest BCUT2D eigenvalue weighted by molar-refractivity contribution is 7.13. The van der Waals surface area contributed by atoms with Gasteiger partial charge in [0, 0.05) is 61.7 Å². The lowest BCUT2D eigenvalue weighted by molar-refractivity contribution is -0.169. The molecule has 1 aromatic heterocycles. The molecule has 2 aliphatic heterocycles. The molecule has 0 spiro atoms. The van der Waals surface area contributed by atoms with Gasteiger partial charge >= 0.3 is 11.9 Å². The highest BCUT2D eigenvalue weighted by atomic mass is 35.5. The summed E-state index contributed by atoms with van der Waals surface area (Å²) in [6, 6.07) is 12.1. The van der Waals surface area contributed by atoms with Crippen molar-refractivity contribution in [3.63, 3.8) is 0 Å². The molecule has 3 heterocycles. The summed E-state index contributed by atoms with van der Waals surface area (Å²) in [6.07, 6.45) is 30.3. The number of aromatic nitrogens is 1. The Kier molecular flexibility index (Phi) is 18.8. The number of halogens is 1. The van der Waals surface area contributed by atoms with Crippen molar-refractivity contribution in [2.24, 2.45) is 0 Å². The summed E-state index contributed by atoms with van der Waals surface area (Å²) in [5.41, 5.74) is 2.38. The molecule has 1 N–H and O–H groups in total. The number of ether oxygens (including phenoxy) is 2. The summed E-state index contributed by atoms with van der Waals surface area (Å²) < 4.78 is 16.9. The Morgan fingerprint density at radius 2 is 1.50 bits per heavy atom. The number of hydrogen-bond donors (Lipinski definition) is 1. The van der Waals surface area contributed by atoms with Gasteiger partial charge < -0.3 is 24.4 Å². The molecule has 11 heteroatoms. The lowest BCUT2D eigenvalue weighted by Gasteiger charge is -2.35. The van der Waals surface area contributed by atoms with Crippen LogP contribution in [-0.2, 0) is 31.9 Å². The Bertz CT molecular complexity index is 1940. The Labute approximate surface area is 353 Å². The van der Waals surface area contributed by atoms with Gasteiger partial charge in [-0.25, -0.2) is 4.79 Å². The number of benzene rings is 2. The molecule has 9 nitrogen and oxygen atoms in total. The zero-order chi connectivity index (χ0) is 41.0. The molecule has 2 aliphatic rings. The molecule has 1 saturated heterocycles. The molecule has 2 atom stereocenters. The van der Waals surface area contributed by atoms with Crippen molar-refractivity contribution >= 4 is 56.7 Å². The van der Waals surface area contributed by atoms with Gasteiger partial charge in [-0.3, -0.25) is 9.69 Å². The van der Waals surface area contributed by atoms with Crippen LogP contribution in [0.15, 0.2) is 109 Å². The summed E-state index contributed by atoms with van der Waals surface area (Å²) in [6.45, 7) is 8.44. The van der Waals surface area contributed by atoms with Crippen LogP contribution in [0.3, 0.4) is 0 Å². The van der Waals surface area contributed by atoms with Crippen molar-refractivity contribution in [1.29, 1.82) is 0 Å². The summed E-state index contributed by atoms with van der Waals surface area (Å²) >= 11 is 8.39. The van der Waals surface area contributed by atoms with Crippen LogP contribution in [0, 0.1) is 0 Å². The van der Waals surface area contributed by atoms with Crippen LogP contribution in [0.25, 0.3) is 10.1 Å². The number of piperazine rings is 1. The zero-order valence-electron chi connectivity index (χ0n) is 34.0. The third kappa shape index (κ3) is 13.5. The van der Waals surface area contributed by atoms with E-state index >= 15 is 0 Å². The Morgan fingerprint density at radius 1 is 0.879 bits per heavy atom. The molecule has 5 rings (SSSR count). The number of anilines is 2. The van der Waals surface area contributed by atoms with E-state index in [2.05, 4.69) is 102 Å². The maximum atomic E-state index is 13.1. The van der Waals surface area contributed by atoms with E-state index in [0.29, 0.717) is 17.1 Å². The van der Waals surface area contributed by atoms with Gasteiger partial charge in [-0.2, -0.15) is 4.37 Å². The van der Waals surface area contributed by atoms with Crippen LogP contribution < -0.4 is 9.80 Å². The molecule has 0 aliphatic carbocycles. The van der Waals surface area contributed by atoms with E-state index in [-0.39, 0.29) is 19.4 Å². The van der Waals surface area contributed by atoms with Crippen LogP contribution in [0.4, 0.5) is 11.5 Å². The Balaban J connectivity index is 1.04. The predicted molar refractivity (Wildman–Crippen MR) is 240 cm³/mol. The molecule has 3 aromatic rings. The predicted octanol–water partition coefficient (Wildman–Crippen LogP) is 9.91. The third-order valence-electron chi connectivity index (χ3n) is 10.1. The molecule has 2 aromatic carbocycles. The van der Waals surface area contributed by atoms with E-state index in [9.17, 15) is 14.7 Å². The number of carbonyl (C=O) groups excluding carboxylic acids is 2. The number of nitrogens with zero attached hydrogens (tertiary/aromatic N) is 4. The highest BCUT2D eigenvalue weighted by Crippen LogP contribution is 2.38. The van der Waals surface area contributed by atoms with Crippen molar-refractivity contribution in [2.75, 3.05) is 49.1 Å². The summed E-state index contributed by atoms with van der Waals surface area (Å²) in [7, 11) is 0. The monoisotopic (exact) mass is 826 g/mol. The van der Waals surface area contributed by atoms with E-state index in [4.69, 9.17) is 25.4 Å². The molecule has 0 amide bonds. The van der Waals surface area contributed by atoms with Gasteiger partial charge in [0.2, 0.25) is 0 Å². The fraction of sp³-hybridized carbons (Fsp3) is 0.426. The maximum Gasteiger partial charge on any atom is 0.369 e. The molecular weight excluding hydrogens is 768 g/mol. The van der Waals surface area contributed by atoms with Crippen molar-refractivity contribution in [2.45, 2.75) is 90.5 Å². The first-order valence-electron chi connectivity index (χ1n) is 20.7. The smallest absolute Gasteiger partial charge is 0.369 e. The minimum atomic E-state index is -1.43. The second kappa shape index (κ2) is 24.4. The van der Waals surface area contributed by atoms with Crippen LogP contribution in [0.5, 0.6) is 0 Å². The summed E-state index contributed by atoms with van der Waals surface area (Å²) in [5, 5.41) is 12.9.